The van der Waals surface area contributed by atoms with Crippen molar-refractivity contribution in [2.45, 2.75) is 13.3 Å². The molecular formula is C17H16Cl2N2O2. The number of benzene rings is 2. The standard InChI is InChI=1S/C17H16Cl2N2O2/c1-2-9-23-14-6-3-12(4-7-14)11-20-21-17(22)15-8-5-13(18)10-16(15)19/h3-8,10-11H,2,9H2,1H3,(H,21,22). The Morgan fingerprint density at radius 2 is 1.96 bits per heavy atom. The maximum Gasteiger partial charge on any atom is 0.272 e. The number of carbonyl (C=O) groups is 1. The van der Waals surface area contributed by atoms with Crippen LogP contribution < -0.4 is 10.2 Å². The number of hydrazone groups is 1. The summed E-state index contributed by atoms with van der Waals surface area (Å²) in [7, 11) is 0. The minimum atomic E-state index is -0.397. The molecule has 6 heteroatoms. The molecule has 2 rings (SSSR count). The lowest BCUT2D eigenvalue weighted by Gasteiger charge is -2.04. The number of carbonyl (C=O) groups excluding carboxylic acids is 1. The summed E-state index contributed by atoms with van der Waals surface area (Å²) in [6.45, 7) is 2.74. The van der Waals surface area contributed by atoms with E-state index in [2.05, 4.69) is 17.5 Å². The van der Waals surface area contributed by atoms with Gasteiger partial charge in [0.25, 0.3) is 5.91 Å². The summed E-state index contributed by atoms with van der Waals surface area (Å²) in [5.41, 5.74) is 3.59. The molecule has 0 aliphatic heterocycles. The van der Waals surface area contributed by atoms with Crippen LogP contribution in [0.2, 0.25) is 10.0 Å². The third-order valence-corrected chi connectivity index (χ3v) is 3.46. The molecule has 0 aliphatic carbocycles. The van der Waals surface area contributed by atoms with E-state index in [1.165, 1.54) is 6.07 Å². The Morgan fingerprint density at radius 1 is 1.22 bits per heavy atom. The van der Waals surface area contributed by atoms with Gasteiger partial charge < -0.3 is 4.74 Å². The SMILES string of the molecule is CCCOc1ccc(C=NNC(=O)c2ccc(Cl)cc2Cl)cc1. The molecule has 0 spiro atoms. The van der Waals surface area contributed by atoms with Gasteiger partial charge in [-0.15, -0.1) is 0 Å². The van der Waals surface area contributed by atoms with Crippen LogP contribution in [0, 0.1) is 0 Å². The van der Waals surface area contributed by atoms with Crippen LogP contribution in [0.4, 0.5) is 0 Å². The molecule has 0 radical (unpaired) electrons. The maximum absolute atomic E-state index is 12.0. The summed E-state index contributed by atoms with van der Waals surface area (Å²) in [6.07, 6.45) is 2.51. The predicted molar refractivity (Wildman–Crippen MR) is 93.8 cm³/mol. The van der Waals surface area contributed by atoms with E-state index in [0.29, 0.717) is 17.2 Å². The average molecular weight is 351 g/mol. The highest BCUT2D eigenvalue weighted by Gasteiger charge is 2.09. The molecule has 0 fully saturated rings. The molecule has 0 heterocycles. The highest BCUT2D eigenvalue weighted by molar-refractivity contribution is 6.36. The van der Waals surface area contributed by atoms with Crippen molar-refractivity contribution in [1.29, 1.82) is 0 Å². The van der Waals surface area contributed by atoms with Crippen molar-refractivity contribution < 1.29 is 9.53 Å². The van der Waals surface area contributed by atoms with Crippen molar-refractivity contribution in [3.8, 4) is 5.75 Å². The highest BCUT2D eigenvalue weighted by Crippen LogP contribution is 2.20. The molecular weight excluding hydrogens is 335 g/mol. The molecule has 0 unspecified atom stereocenters. The maximum atomic E-state index is 12.0. The summed E-state index contributed by atoms with van der Waals surface area (Å²) in [5, 5.41) is 4.67. The third-order valence-electron chi connectivity index (χ3n) is 2.91. The van der Waals surface area contributed by atoms with Gasteiger partial charge in [0, 0.05) is 5.02 Å². The lowest BCUT2D eigenvalue weighted by molar-refractivity contribution is 0.0955. The lowest BCUT2D eigenvalue weighted by atomic mass is 10.2. The van der Waals surface area contributed by atoms with Gasteiger partial charge in [0.2, 0.25) is 0 Å². The first-order chi connectivity index (χ1) is 11.1. The molecule has 2 aromatic rings. The van der Waals surface area contributed by atoms with E-state index < -0.39 is 5.91 Å². The largest absolute Gasteiger partial charge is 0.494 e. The smallest absolute Gasteiger partial charge is 0.272 e. The van der Waals surface area contributed by atoms with Crippen LogP contribution >= 0.6 is 23.2 Å². The third kappa shape index (κ3) is 5.27. The van der Waals surface area contributed by atoms with Crippen LogP contribution in [0.15, 0.2) is 47.6 Å². The fraction of sp³-hybridized carbons (Fsp3) is 0.176. The van der Waals surface area contributed by atoms with Crippen LogP contribution in [0.3, 0.4) is 0 Å². The quantitative estimate of drug-likeness (QED) is 0.613. The van der Waals surface area contributed by atoms with Crippen LogP contribution in [0.1, 0.15) is 29.3 Å². The molecule has 23 heavy (non-hydrogen) atoms. The zero-order chi connectivity index (χ0) is 16.7. The van der Waals surface area contributed by atoms with Gasteiger partial charge in [-0.2, -0.15) is 5.10 Å². The Balaban J connectivity index is 1.94. The van der Waals surface area contributed by atoms with E-state index in [1.807, 2.05) is 24.3 Å². The molecule has 0 bridgehead atoms. The topological polar surface area (TPSA) is 50.7 Å². The summed E-state index contributed by atoms with van der Waals surface area (Å²) < 4.78 is 5.49. The summed E-state index contributed by atoms with van der Waals surface area (Å²) >= 11 is 11.8. The van der Waals surface area contributed by atoms with Crippen LogP contribution in [0.25, 0.3) is 0 Å². The Bertz CT molecular complexity index is 700. The number of ether oxygens (including phenoxy) is 1. The number of hydrogen-bond donors (Lipinski definition) is 1. The molecule has 0 saturated carbocycles. The van der Waals surface area contributed by atoms with Crippen molar-refractivity contribution >= 4 is 35.3 Å². The van der Waals surface area contributed by atoms with Gasteiger partial charge >= 0.3 is 0 Å². The molecule has 1 amide bonds. The van der Waals surface area contributed by atoms with Crippen molar-refractivity contribution in [3.05, 3.63) is 63.6 Å². The minimum Gasteiger partial charge on any atom is -0.494 e. The average Bonchev–Trinajstić information content (AvgIpc) is 2.54. The zero-order valence-electron chi connectivity index (χ0n) is 12.6. The van der Waals surface area contributed by atoms with Crippen molar-refractivity contribution in [2.75, 3.05) is 6.61 Å². The van der Waals surface area contributed by atoms with Crippen LogP contribution in [0.5, 0.6) is 5.75 Å². The van der Waals surface area contributed by atoms with E-state index >= 15 is 0 Å². The van der Waals surface area contributed by atoms with Gasteiger partial charge in [0.05, 0.1) is 23.4 Å². The van der Waals surface area contributed by atoms with Crippen LogP contribution in [-0.4, -0.2) is 18.7 Å². The van der Waals surface area contributed by atoms with Gasteiger partial charge in [-0.3, -0.25) is 4.79 Å². The van der Waals surface area contributed by atoms with Crippen molar-refractivity contribution in [3.63, 3.8) is 0 Å². The highest BCUT2D eigenvalue weighted by atomic mass is 35.5. The van der Waals surface area contributed by atoms with Crippen molar-refractivity contribution in [2.24, 2.45) is 5.10 Å². The van der Waals surface area contributed by atoms with Crippen LogP contribution in [-0.2, 0) is 0 Å². The second-order valence-corrected chi connectivity index (χ2v) is 5.58. The van der Waals surface area contributed by atoms with E-state index in [4.69, 9.17) is 27.9 Å². The van der Waals surface area contributed by atoms with E-state index in [9.17, 15) is 4.79 Å². The van der Waals surface area contributed by atoms with Gasteiger partial charge in [0.1, 0.15) is 5.75 Å². The molecule has 0 aromatic heterocycles. The van der Waals surface area contributed by atoms with E-state index in [0.717, 1.165) is 17.7 Å². The monoisotopic (exact) mass is 350 g/mol. The normalized spacial score (nSPS) is 10.7. The molecule has 120 valence electrons. The fourth-order valence-corrected chi connectivity index (χ4v) is 2.26. The van der Waals surface area contributed by atoms with Gasteiger partial charge in [-0.25, -0.2) is 5.43 Å². The number of nitrogens with one attached hydrogen (secondary N) is 1. The van der Waals surface area contributed by atoms with Gasteiger partial charge in [-0.05, 0) is 54.4 Å². The number of rotatable bonds is 6. The van der Waals surface area contributed by atoms with Gasteiger partial charge in [0.15, 0.2) is 0 Å². The predicted octanol–water partition coefficient (Wildman–Crippen LogP) is 4.55. The number of halogens is 2. The van der Waals surface area contributed by atoms with Gasteiger partial charge in [-0.1, -0.05) is 30.1 Å². The first kappa shape index (κ1) is 17.3. The molecule has 0 aliphatic rings. The first-order valence-electron chi connectivity index (χ1n) is 7.11. The second kappa shape index (κ2) is 8.56. The Kier molecular flexibility index (Phi) is 6.44. The summed E-state index contributed by atoms with van der Waals surface area (Å²) in [5.74, 6) is 0.409. The first-order valence-corrected chi connectivity index (χ1v) is 7.87. The van der Waals surface area contributed by atoms with E-state index in [1.54, 1.807) is 18.3 Å². The lowest BCUT2D eigenvalue weighted by Crippen LogP contribution is -2.18. The summed E-state index contributed by atoms with van der Waals surface area (Å²) in [6, 6.07) is 12.1. The molecule has 2 aromatic carbocycles. The minimum absolute atomic E-state index is 0.280. The molecule has 0 atom stereocenters. The number of nitrogens with zero attached hydrogens (tertiary/aromatic N) is 1. The summed E-state index contributed by atoms with van der Waals surface area (Å²) in [4.78, 5) is 12.0. The number of amides is 1. The zero-order valence-corrected chi connectivity index (χ0v) is 14.1. The number of hydrogen-bond acceptors (Lipinski definition) is 3. The Morgan fingerprint density at radius 3 is 2.61 bits per heavy atom. The molecule has 1 N–H and O–H groups in total. The fourth-order valence-electron chi connectivity index (χ4n) is 1.77. The second-order valence-electron chi connectivity index (χ2n) is 4.74. The Hall–Kier alpha value is -2.04. The van der Waals surface area contributed by atoms with E-state index in [-0.39, 0.29) is 5.02 Å². The Labute approximate surface area is 145 Å². The van der Waals surface area contributed by atoms with Crippen molar-refractivity contribution in [1.82, 2.24) is 5.43 Å². The molecule has 4 nitrogen and oxygen atoms in total. The molecule has 0 saturated heterocycles.